The summed E-state index contributed by atoms with van der Waals surface area (Å²) in [5.41, 5.74) is 7.69. The smallest absolute Gasteiger partial charge is 0.372 e. The summed E-state index contributed by atoms with van der Waals surface area (Å²) in [4.78, 5) is 14.2. The molecule has 0 amide bonds. The Morgan fingerprint density at radius 2 is 2.18 bits per heavy atom. The summed E-state index contributed by atoms with van der Waals surface area (Å²) >= 11 is 0. The minimum atomic E-state index is -0.139. The van der Waals surface area contributed by atoms with E-state index in [9.17, 15) is 4.79 Å². The number of hydrogen-bond donors (Lipinski definition) is 1. The third-order valence-corrected chi connectivity index (χ3v) is 2.48. The van der Waals surface area contributed by atoms with Crippen molar-refractivity contribution in [2.45, 2.75) is 20.0 Å². The topological polar surface area (TPSA) is 64.2 Å². The number of nitrogens with zero attached hydrogens (tertiary/aromatic N) is 1. The molecule has 4 nitrogen and oxygen atoms in total. The summed E-state index contributed by atoms with van der Waals surface area (Å²) in [6.45, 7) is 2.91. The molecule has 0 heterocycles. The predicted octanol–water partition coefficient (Wildman–Crippen LogP) is 2.11. The molecule has 0 bridgehead atoms. The molecule has 1 aromatic rings. The van der Waals surface area contributed by atoms with Crippen molar-refractivity contribution in [1.29, 1.82) is 5.53 Å². The summed E-state index contributed by atoms with van der Waals surface area (Å²) in [7, 11) is 0. The first-order chi connectivity index (χ1) is 8.24. The largest absolute Gasteiger partial charge is 0.377 e. The zero-order valence-corrected chi connectivity index (χ0v) is 9.93. The molecule has 17 heavy (non-hydrogen) atoms. The standard InChI is InChI=1S/C13H17N2O2/c1-11(13(16)9-15-14)7-8-17-10-12-5-3-2-4-6-12/h2-6,9,11,14H,7-8,10H2,1H3/q+1/t11-/m0/s1. The van der Waals surface area contributed by atoms with Gasteiger partial charge < -0.3 is 4.74 Å². The average Bonchev–Trinajstić information content (AvgIpc) is 2.36. The Bertz CT molecular complexity index is 397. The molecular weight excluding hydrogens is 216 g/mol. The number of Topliss-reactive ketones (excluding diaryl/α,β-unsaturated/α-hetero) is 1. The fourth-order valence-corrected chi connectivity index (χ4v) is 1.36. The first-order valence-corrected chi connectivity index (χ1v) is 5.59. The van der Waals surface area contributed by atoms with E-state index in [0.717, 1.165) is 11.8 Å². The van der Waals surface area contributed by atoms with Gasteiger partial charge in [0.15, 0.2) is 0 Å². The van der Waals surface area contributed by atoms with Crippen LogP contribution < -0.4 is 0 Å². The van der Waals surface area contributed by atoms with Crippen molar-refractivity contribution >= 4 is 12.0 Å². The maximum atomic E-state index is 11.3. The number of hydrogen-bond acceptors (Lipinski definition) is 3. The van der Waals surface area contributed by atoms with Gasteiger partial charge in [0.1, 0.15) is 0 Å². The van der Waals surface area contributed by atoms with Crippen LogP contribution in [-0.4, -0.2) is 23.4 Å². The molecular formula is C13H17N2O2+. The maximum absolute atomic E-state index is 11.3. The number of rotatable bonds is 7. The van der Waals surface area contributed by atoms with Crippen molar-refractivity contribution in [3.05, 3.63) is 35.9 Å². The Morgan fingerprint density at radius 1 is 1.47 bits per heavy atom. The lowest BCUT2D eigenvalue weighted by Crippen LogP contribution is -2.14. The van der Waals surface area contributed by atoms with Crippen LogP contribution in [0.3, 0.4) is 0 Å². The van der Waals surface area contributed by atoms with Crippen molar-refractivity contribution in [1.82, 2.24) is 0 Å². The van der Waals surface area contributed by atoms with E-state index in [1.165, 1.54) is 0 Å². The van der Waals surface area contributed by atoms with Crippen LogP contribution in [0.5, 0.6) is 0 Å². The Morgan fingerprint density at radius 3 is 2.82 bits per heavy atom. The minimum absolute atomic E-state index is 0.122. The van der Waals surface area contributed by atoms with Crippen molar-refractivity contribution in [3.8, 4) is 0 Å². The van der Waals surface area contributed by atoms with E-state index in [1.54, 1.807) is 0 Å². The monoisotopic (exact) mass is 233 g/mol. The molecule has 0 aliphatic carbocycles. The van der Waals surface area contributed by atoms with Crippen LogP contribution in [0.15, 0.2) is 30.3 Å². The molecule has 0 saturated carbocycles. The van der Waals surface area contributed by atoms with Crippen molar-refractivity contribution in [3.63, 3.8) is 0 Å². The first-order valence-electron chi connectivity index (χ1n) is 5.59. The lowest BCUT2D eigenvalue weighted by Gasteiger charge is -2.06. The predicted molar refractivity (Wildman–Crippen MR) is 63.9 cm³/mol. The molecule has 4 heteroatoms. The van der Waals surface area contributed by atoms with E-state index in [4.69, 9.17) is 10.3 Å². The van der Waals surface area contributed by atoms with Gasteiger partial charge in [-0.05, 0) is 12.0 Å². The molecule has 0 saturated heterocycles. The molecule has 0 unspecified atom stereocenters. The number of carbonyl (C=O) groups is 1. The van der Waals surface area contributed by atoms with E-state index < -0.39 is 0 Å². The Hall–Kier alpha value is -1.77. The van der Waals surface area contributed by atoms with Gasteiger partial charge in [0.2, 0.25) is 5.78 Å². The van der Waals surface area contributed by atoms with E-state index >= 15 is 0 Å². The molecule has 0 spiro atoms. The van der Waals surface area contributed by atoms with Gasteiger partial charge in [-0.25, -0.2) is 0 Å². The summed E-state index contributed by atoms with van der Waals surface area (Å²) in [5.74, 6) is -0.261. The lowest BCUT2D eigenvalue weighted by molar-refractivity contribution is -0.133. The lowest BCUT2D eigenvalue weighted by atomic mass is 10.0. The third-order valence-electron chi connectivity index (χ3n) is 2.48. The fraction of sp³-hybridized carbons (Fsp3) is 0.385. The third kappa shape index (κ3) is 5.20. The fourth-order valence-electron chi connectivity index (χ4n) is 1.36. The molecule has 0 aliphatic rings. The minimum Gasteiger partial charge on any atom is -0.377 e. The molecule has 1 atom stereocenters. The van der Waals surface area contributed by atoms with Crippen LogP contribution >= 0.6 is 0 Å². The van der Waals surface area contributed by atoms with Crippen molar-refractivity contribution in [2.75, 3.05) is 6.61 Å². The summed E-state index contributed by atoms with van der Waals surface area (Å²) in [5, 5.41) is 0. The number of benzene rings is 1. The summed E-state index contributed by atoms with van der Waals surface area (Å²) in [6, 6.07) is 9.90. The van der Waals surface area contributed by atoms with Crippen molar-refractivity contribution < 1.29 is 14.3 Å². The van der Waals surface area contributed by atoms with Crippen LogP contribution in [0.25, 0.3) is 0 Å². The Kier molecular flexibility index (Phi) is 5.86. The number of ether oxygens (including phenoxy) is 1. The molecule has 1 N–H and O–H groups in total. The van der Waals surface area contributed by atoms with Gasteiger partial charge in [0.25, 0.3) is 0 Å². The molecule has 0 radical (unpaired) electrons. The van der Waals surface area contributed by atoms with Crippen LogP contribution in [0.2, 0.25) is 0 Å². The molecule has 0 aliphatic heterocycles. The Labute approximate surface area is 101 Å². The first kappa shape index (κ1) is 13.3. The van der Waals surface area contributed by atoms with E-state index in [0.29, 0.717) is 19.6 Å². The van der Waals surface area contributed by atoms with Crippen LogP contribution in [0.1, 0.15) is 18.9 Å². The SMILES string of the molecule is C[C@@H](CCOCc1ccccc1)C(=O)C=[N+]=N. The van der Waals surface area contributed by atoms with Gasteiger partial charge in [-0.15, -0.1) is 0 Å². The zero-order chi connectivity index (χ0) is 12.5. The number of nitrogens with one attached hydrogen (secondary N) is 1. The highest BCUT2D eigenvalue weighted by atomic mass is 16.5. The van der Waals surface area contributed by atoms with E-state index in [-0.39, 0.29) is 11.7 Å². The van der Waals surface area contributed by atoms with E-state index in [2.05, 4.69) is 4.79 Å². The average molecular weight is 233 g/mol. The molecule has 1 aromatic carbocycles. The van der Waals surface area contributed by atoms with Gasteiger partial charge in [0.05, 0.1) is 16.9 Å². The van der Waals surface area contributed by atoms with Gasteiger partial charge in [-0.1, -0.05) is 37.3 Å². The maximum Gasteiger partial charge on any atom is 0.372 e. The van der Waals surface area contributed by atoms with Crippen molar-refractivity contribution in [2.24, 2.45) is 5.92 Å². The molecule has 90 valence electrons. The highest BCUT2D eigenvalue weighted by Gasteiger charge is 2.14. The highest BCUT2D eigenvalue weighted by molar-refractivity contribution is 6.26. The summed E-state index contributed by atoms with van der Waals surface area (Å²) < 4.78 is 5.48. The van der Waals surface area contributed by atoms with Crippen LogP contribution in [-0.2, 0) is 16.1 Å². The number of ketones is 1. The molecule has 0 fully saturated rings. The highest BCUT2D eigenvalue weighted by Crippen LogP contribution is 2.05. The van der Waals surface area contributed by atoms with Crippen LogP contribution in [0.4, 0.5) is 0 Å². The van der Waals surface area contributed by atoms with Crippen LogP contribution in [0, 0.1) is 11.4 Å². The molecule has 0 aromatic heterocycles. The van der Waals surface area contributed by atoms with E-state index in [1.807, 2.05) is 37.3 Å². The van der Waals surface area contributed by atoms with Gasteiger partial charge in [0, 0.05) is 12.5 Å². The van der Waals surface area contributed by atoms with Gasteiger partial charge in [-0.3, -0.25) is 4.79 Å². The zero-order valence-electron chi connectivity index (χ0n) is 9.93. The Balaban J connectivity index is 2.20. The number of carbonyl (C=O) groups excluding carboxylic acids is 1. The second-order valence-electron chi connectivity index (χ2n) is 3.89. The summed E-state index contributed by atoms with van der Waals surface area (Å²) in [6.07, 6.45) is 1.69. The van der Waals surface area contributed by atoms with Gasteiger partial charge in [-0.2, -0.15) is 0 Å². The second-order valence-corrected chi connectivity index (χ2v) is 3.89. The molecule has 1 rings (SSSR count). The normalized spacial score (nSPS) is 11.6. The van der Waals surface area contributed by atoms with Gasteiger partial charge >= 0.3 is 6.21 Å². The second kappa shape index (κ2) is 7.49. The quantitative estimate of drug-likeness (QED) is 0.339.